The zero-order chi connectivity index (χ0) is 19.4. The molecule has 3 aromatic rings. The van der Waals surface area contributed by atoms with Crippen LogP contribution in [0.25, 0.3) is 11.2 Å². The van der Waals surface area contributed by atoms with Gasteiger partial charge in [0.05, 0.1) is 6.54 Å². The molecule has 8 nitrogen and oxygen atoms in total. The zero-order valence-corrected chi connectivity index (χ0v) is 15.9. The zero-order valence-electron chi connectivity index (χ0n) is 15.9. The number of aromatic nitrogens is 4. The van der Waals surface area contributed by atoms with Gasteiger partial charge < -0.3 is 10.1 Å². The lowest BCUT2D eigenvalue weighted by Crippen LogP contribution is -2.37. The molecule has 1 N–H and O–H groups in total. The fourth-order valence-electron chi connectivity index (χ4n) is 3.02. The van der Waals surface area contributed by atoms with Crippen molar-refractivity contribution in [3.8, 4) is 0 Å². The second-order valence-corrected chi connectivity index (χ2v) is 6.36. The highest BCUT2D eigenvalue weighted by atomic mass is 16.5. The van der Waals surface area contributed by atoms with Gasteiger partial charge in [0.25, 0.3) is 5.56 Å². The van der Waals surface area contributed by atoms with E-state index in [0.29, 0.717) is 43.4 Å². The summed E-state index contributed by atoms with van der Waals surface area (Å²) in [6.45, 7) is 4.45. The van der Waals surface area contributed by atoms with Gasteiger partial charge in [0, 0.05) is 33.9 Å². The molecule has 0 saturated carbocycles. The Morgan fingerprint density at radius 1 is 1.11 bits per heavy atom. The van der Waals surface area contributed by atoms with E-state index >= 15 is 0 Å². The summed E-state index contributed by atoms with van der Waals surface area (Å²) in [5.74, 6) is 0.573. The fourth-order valence-corrected chi connectivity index (χ4v) is 3.02. The standard InChI is InChI=1S/C19H25N5O3/c1-4-27-12-8-11-20-18-21-16-15(17(25)23(3)19(26)22(16)2)24(18)13-14-9-6-5-7-10-14/h5-7,9-10H,4,8,11-13H2,1-3H3,(H,20,21). The molecule has 2 aromatic heterocycles. The van der Waals surface area contributed by atoms with E-state index in [0.717, 1.165) is 16.6 Å². The number of anilines is 1. The second-order valence-electron chi connectivity index (χ2n) is 6.36. The Balaban J connectivity index is 2.05. The molecule has 0 amide bonds. The average Bonchev–Trinajstić information content (AvgIpc) is 3.04. The van der Waals surface area contributed by atoms with E-state index in [9.17, 15) is 9.59 Å². The van der Waals surface area contributed by atoms with E-state index in [2.05, 4.69) is 10.3 Å². The summed E-state index contributed by atoms with van der Waals surface area (Å²) in [6, 6.07) is 9.86. The van der Waals surface area contributed by atoms with Gasteiger partial charge in [0.2, 0.25) is 5.95 Å². The maximum atomic E-state index is 12.8. The maximum Gasteiger partial charge on any atom is 0.332 e. The van der Waals surface area contributed by atoms with Gasteiger partial charge in [-0.15, -0.1) is 0 Å². The van der Waals surface area contributed by atoms with E-state index < -0.39 is 0 Å². The van der Waals surface area contributed by atoms with Crippen LogP contribution in [0.15, 0.2) is 39.9 Å². The summed E-state index contributed by atoms with van der Waals surface area (Å²) in [6.07, 6.45) is 0.819. The van der Waals surface area contributed by atoms with Crippen molar-refractivity contribution in [3.05, 3.63) is 56.7 Å². The number of ether oxygens (including phenoxy) is 1. The first kappa shape index (κ1) is 18.9. The van der Waals surface area contributed by atoms with Crippen LogP contribution in [0.2, 0.25) is 0 Å². The van der Waals surface area contributed by atoms with Crippen molar-refractivity contribution in [1.29, 1.82) is 0 Å². The van der Waals surface area contributed by atoms with E-state index in [1.54, 1.807) is 7.05 Å². The minimum absolute atomic E-state index is 0.348. The van der Waals surface area contributed by atoms with E-state index in [4.69, 9.17) is 4.74 Å². The number of nitrogens with one attached hydrogen (secondary N) is 1. The fraction of sp³-hybridized carbons (Fsp3) is 0.421. The minimum Gasteiger partial charge on any atom is -0.382 e. The molecule has 27 heavy (non-hydrogen) atoms. The summed E-state index contributed by atoms with van der Waals surface area (Å²) in [5.41, 5.74) is 1.10. The summed E-state index contributed by atoms with van der Waals surface area (Å²) in [4.78, 5) is 29.6. The van der Waals surface area contributed by atoms with Crippen LogP contribution in [-0.2, 0) is 25.4 Å². The summed E-state index contributed by atoms with van der Waals surface area (Å²) in [7, 11) is 3.11. The number of hydrogen-bond donors (Lipinski definition) is 1. The van der Waals surface area contributed by atoms with Gasteiger partial charge >= 0.3 is 5.69 Å². The van der Waals surface area contributed by atoms with Crippen molar-refractivity contribution >= 4 is 17.1 Å². The maximum absolute atomic E-state index is 12.8. The van der Waals surface area contributed by atoms with Crippen molar-refractivity contribution in [2.75, 3.05) is 25.1 Å². The lowest BCUT2D eigenvalue weighted by Gasteiger charge is -2.11. The van der Waals surface area contributed by atoms with Crippen LogP contribution in [0, 0.1) is 0 Å². The predicted molar refractivity (Wildman–Crippen MR) is 105 cm³/mol. The monoisotopic (exact) mass is 371 g/mol. The highest BCUT2D eigenvalue weighted by Gasteiger charge is 2.19. The Morgan fingerprint density at radius 3 is 2.56 bits per heavy atom. The van der Waals surface area contributed by atoms with Crippen molar-refractivity contribution in [1.82, 2.24) is 18.7 Å². The number of fused-ring (bicyclic) bond motifs is 1. The predicted octanol–water partition coefficient (Wildman–Crippen LogP) is 1.32. The van der Waals surface area contributed by atoms with Crippen LogP contribution in [0.5, 0.6) is 0 Å². The van der Waals surface area contributed by atoms with Gasteiger partial charge in [-0.3, -0.25) is 18.5 Å². The van der Waals surface area contributed by atoms with E-state index in [1.165, 1.54) is 11.6 Å². The molecule has 1 aromatic carbocycles. The van der Waals surface area contributed by atoms with Gasteiger partial charge in [-0.25, -0.2) is 4.79 Å². The SMILES string of the molecule is CCOCCCNc1nc2c(c(=O)n(C)c(=O)n2C)n1Cc1ccccc1. The van der Waals surface area contributed by atoms with Gasteiger partial charge in [-0.2, -0.15) is 4.98 Å². The number of benzene rings is 1. The third-order valence-electron chi connectivity index (χ3n) is 4.48. The molecule has 144 valence electrons. The highest BCUT2D eigenvalue weighted by Crippen LogP contribution is 2.17. The molecule has 2 heterocycles. The Hall–Kier alpha value is -2.87. The lowest BCUT2D eigenvalue weighted by molar-refractivity contribution is 0.147. The van der Waals surface area contributed by atoms with Gasteiger partial charge in [0.15, 0.2) is 11.2 Å². The number of nitrogens with zero attached hydrogens (tertiary/aromatic N) is 4. The Morgan fingerprint density at radius 2 is 1.85 bits per heavy atom. The topological polar surface area (TPSA) is 83.1 Å². The molecule has 0 aliphatic carbocycles. The van der Waals surface area contributed by atoms with Gasteiger partial charge in [0.1, 0.15) is 0 Å². The summed E-state index contributed by atoms with van der Waals surface area (Å²) in [5, 5.41) is 3.28. The minimum atomic E-state index is -0.389. The first-order chi connectivity index (χ1) is 13.0. The normalized spacial score (nSPS) is 11.2. The number of aryl methyl sites for hydroxylation is 1. The lowest BCUT2D eigenvalue weighted by atomic mass is 10.2. The molecule has 0 aliphatic rings. The van der Waals surface area contributed by atoms with Gasteiger partial charge in [-0.1, -0.05) is 30.3 Å². The van der Waals surface area contributed by atoms with Crippen LogP contribution in [0.3, 0.4) is 0 Å². The van der Waals surface area contributed by atoms with E-state index in [1.807, 2.05) is 41.8 Å². The third kappa shape index (κ3) is 3.80. The molecule has 0 fully saturated rings. The Bertz CT molecular complexity index is 1030. The molecular formula is C19H25N5O3. The molecule has 0 radical (unpaired) electrons. The number of imidazole rings is 1. The molecule has 0 unspecified atom stereocenters. The second kappa shape index (κ2) is 8.22. The summed E-state index contributed by atoms with van der Waals surface area (Å²) < 4.78 is 9.72. The smallest absolute Gasteiger partial charge is 0.332 e. The van der Waals surface area contributed by atoms with Crippen LogP contribution in [0.1, 0.15) is 18.9 Å². The van der Waals surface area contributed by atoms with Crippen molar-refractivity contribution in [3.63, 3.8) is 0 Å². The molecule has 3 rings (SSSR count). The van der Waals surface area contributed by atoms with Crippen molar-refractivity contribution in [2.24, 2.45) is 14.1 Å². The molecule has 0 spiro atoms. The van der Waals surface area contributed by atoms with E-state index in [-0.39, 0.29) is 11.2 Å². The molecule has 8 heteroatoms. The first-order valence-electron chi connectivity index (χ1n) is 9.06. The molecular weight excluding hydrogens is 346 g/mol. The number of hydrogen-bond acceptors (Lipinski definition) is 5. The van der Waals surface area contributed by atoms with Crippen LogP contribution >= 0.6 is 0 Å². The molecule has 0 aliphatic heterocycles. The third-order valence-corrected chi connectivity index (χ3v) is 4.48. The van der Waals surface area contributed by atoms with Crippen molar-refractivity contribution in [2.45, 2.75) is 19.9 Å². The molecule has 0 saturated heterocycles. The molecule has 0 atom stereocenters. The largest absolute Gasteiger partial charge is 0.382 e. The average molecular weight is 371 g/mol. The van der Waals surface area contributed by atoms with Gasteiger partial charge in [-0.05, 0) is 18.9 Å². The Labute approximate surface area is 157 Å². The number of rotatable bonds is 8. The van der Waals surface area contributed by atoms with Crippen LogP contribution in [-0.4, -0.2) is 38.4 Å². The molecule has 0 bridgehead atoms. The quantitative estimate of drug-likeness (QED) is 0.604. The highest BCUT2D eigenvalue weighted by molar-refractivity contribution is 5.74. The Kier molecular flexibility index (Phi) is 5.75. The van der Waals surface area contributed by atoms with Crippen LogP contribution < -0.4 is 16.6 Å². The summed E-state index contributed by atoms with van der Waals surface area (Å²) >= 11 is 0. The van der Waals surface area contributed by atoms with Crippen molar-refractivity contribution < 1.29 is 4.74 Å². The van der Waals surface area contributed by atoms with Crippen LogP contribution in [0.4, 0.5) is 5.95 Å². The first-order valence-corrected chi connectivity index (χ1v) is 9.06.